The predicted octanol–water partition coefficient (Wildman–Crippen LogP) is -0.709. The highest BCUT2D eigenvalue weighted by Gasteiger charge is 2.54. The quantitative estimate of drug-likeness (QED) is 0.364. The number of nitrogens with one attached hydrogen (secondary N) is 2. The van der Waals surface area contributed by atoms with E-state index < -0.39 is 72.7 Å². The standard InChI is InChI=1S/C19H19F3N5O9/c1-7(28)33-4-10-13(34-8(2)29)14(35-9(3)30)11(26-18(32)19(20,21)22)17(36-10)27-6-25-12-15(27)23-5-24-16(12)31/h6,10-11,13-14,17H,4H2,1-3H3,(H,26,32)(H,23,24,31)/t10-,11+,13-,14-,17-/m1/s1. The van der Waals surface area contributed by atoms with Gasteiger partial charge in [-0.2, -0.15) is 13.2 Å². The third kappa shape index (κ3) is 5.78. The molecule has 1 amide bonds. The molecule has 1 aliphatic heterocycles. The zero-order chi connectivity index (χ0) is 26.8. The number of hydrogen-bond donors (Lipinski definition) is 2. The smallest absolute Gasteiger partial charge is 0.463 e. The third-order valence-corrected chi connectivity index (χ3v) is 4.86. The van der Waals surface area contributed by atoms with Gasteiger partial charge in [0.2, 0.25) is 0 Å². The van der Waals surface area contributed by atoms with Crippen molar-refractivity contribution in [2.24, 2.45) is 0 Å². The van der Waals surface area contributed by atoms with Crippen LogP contribution in [-0.4, -0.2) is 80.5 Å². The molecule has 195 valence electrons. The first-order valence-corrected chi connectivity index (χ1v) is 10.1. The van der Waals surface area contributed by atoms with E-state index in [2.05, 4.69) is 21.3 Å². The van der Waals surface area contributed by atoms with E-state index in [4.69, 9.17) is 18.9 Å². The first-order valence-electron chi connectivity index (χ1n) is 10.1. The number of amides is 1. The van der Waals surface area contributed by atoms with Crippen molar-refractivity contribution in [3.8, 4) is 0 Å². The number of carbonyl (C=O) groups excluding carboxylic acids is 4. The third-order valence-electron chi connectivity index (χ3n) is 4.86. The summed E-state index contributed by atoms with van der Waals surface area (Å²) < 4.78 is 61.6. The van der Waals surface area contributed by atoms with Crippen LogP contribution < -0.4 is 10.9 Å². The Morgan fingerprint density at radius 1 is 1.14 bits per heavy atom. The van der Waals surface area contributed by atoms with Crippen molar-refractivity contribution in [1.82, 2.24) is 24.8 Å². The van der Waals surface area contributed by atoms with Crippen LogP contribution in [-0.2, 0) is 38.1 Å². The Hall–Kier alpha value is -4.02. The van der Waals surface area contributed by atoms with Crippen molar-refractivity contribution in [2.45, 2.75) is 57.5 Å². The van der Waals surface area contributed by atoms with Gasteiger partial charge in [-0.15, -0.1) is 0 Å². The number of fused-ring (bicyclic) bond motifs is 1. The molecule has 14 nitrogen and oxygen atoms in total. The van der Waals surface area contributed by atoms with Gasteiger partial charge in [0.15, 0.2) is 35.9 Å². The van der Waals surface area contributed by atoms with Crippen molar-refractivity contribution >= 4 is 35.0 Å². The summed E-state index contributed by atoms with van der Waals surface area (Å²) in [7, 11) is 0. The number of aromatic nitrogens is 4. The van der Waals surface area contributed by atoms with Gasteiger partial charge < -0.3 is 29.2 Å². The number of halogens is 3. The Bertz CT molecular complexity index is 1230. The normalized spacial score (nSPS) is 24.1. The molecule has 2 aromatic heterocycles. The van der Waals surface area contributed by atoms with Crippen molar-refractivity contribution in [3.05, 3.63) is 23.0 Å². The van der Waals surface area contributed by atoms with E-state index >= 15 is 0 Å². The van der Waals surface area contributed by atoms with Gasteiger partial charge in [0.25, 0.3) is 5.56 Å². The van der Waals surface area contributed by atoms with Gasteiger partial charge in [-0.3, -0.25) is 28.5 Å². The fourth-order valence-electron chi connectivity index (χ4n) is 3.55. The molecule has 0 unspecified atom stereocenters. The number of H-pyrrole nitrogens is 1. The fraction of sp³-hybridized carbons (Fsp3) is 0.526. The average molecular weight is 518 g/mol. The van der Waals surface area contributed by atoms with E-state index in [0.29, 0.717) is 0 Å². The molecule has 17 heteroatoms. The minimum atomic E-state index is -5.36. The van der Waals surface area contributed by atoms with Crippen molar-refractivity contribution in [2.75, 3.05) is 6.61 Å². The lowest BCUT2D eigenvalue weighted by atomic mass is 9.94. The molecule has 3 rings (SSSR count). The molecule has 2 N–H and O–H groups in total. The van der Waals surface area contributed by atoms with E-state index in [1.165, 1.54) is 0 Å². The Morgan fingerprint density at radius 2 is 1.78 bits per heavy atom. The summed E-state index contributed by atoms with van der Waals surface area (Å²) in [6, 6.07) is -1.86. The molecule has 3 heterocycles. The van der Waals surface area contributed by atoms with Crippen molar-refractivity contribution in [1.29, 1.82) is 0 Å². The maximum Gasteiger partial charge on any atom is 0.471 e. The highest BCUT2D eigenvalue weighted by molar-refractivity contribution is 5.82. The SMILES string of the molecule is CC(=O)OC[C@H]1O[C@@H](n2cnc3c(=O)[nH][c]nc32)[C@@H](NC(=O)C(F)(F)F)[C@@H](OC(C)=O)[C@@H]1OC(C)=O. The highest BCUT2D eigenvalue weighted by Crippen LogP contribution is 2.34. The number of nitrogens with zero attached hydrogens (tertiary/aromatic N) is 3. The van der Waals surface area contributed by atoms with E-state index in [9.17, 15) is 37.1 Å². The Labute approximate surface area is 199 Å². The van der Waals surface area contributed by atoms with Gasteiger partial charge in [-0.1, -0.05) is 0 Å². The summed E-state index contributed by atoms with van der Waals surface area (Å²) in [5.74, 6) is -5.15. The molecule has 1 radical (unpaired) electrons. The second-order valence-electron chi connectivity index (χ2n) is 7.51. The highest BCUT2D eigenvalue weighted by atomic mass is 19.4. The summed E-state index contributed by atoms with van der Waals surface area (Å²) in [5.41, 5.74) is -1.20. The Kier molecular flexibility index (Phi) is 7.61. The second kappa shape index (κ2) is 10.3. The van der Waals surface area contributed by atoms with Gasteiger partial charge >= 0.3 is 30.0 Å². The first kappa shape index (κ1) is 26.6. The minimum absolute atomic E-state index is 0.214. The summed E-state index contributed by atoms with van der Waals surface area (Å²) >= 11 is 0. The van der Waals surface area contributed by atoms with Crippen LogP contribution in [0.4, 0.5) is 13.2 Å². The van der Waals surface area contributed by atoms with E-state index in [0.717, 1.165) is 31.7 Å². The number of hydrogen-bond acceptors (Lipinski definition) is 11. The lowest BCUT2D eigenvalue weighted by molar-refractivity contribution is -0.239. The molecular formula is C19H19F3N5O9. The van der Waals surface area contributed by atoms with Crippen LogP contribution in [0, 0.1) is 6.33 Å². The van der Waals surface area contributed by atoms with Crippen LogP contribution >= 0.6 is 0 Å². The van der Waals surface area contributed by atoms with Gasteiger partial charge in [-0.05, 0) is 0 Å². The van der Waals surface area contributed by atoms with Crippen LogP contribution in [0.3, 0.4) is 0 Å². The largest absolute Gasteiger partial charge is 0.471 e. The fourth-order valence-corrected chi connectivity index (χ4v) is 3.55. The molecule has 1 aliphatic rings. The molecule has 1 saturated heterocycles. The van der Waals surface area contributed by atoms with Crippen molar-refractivity contribution < 1.29 is 51.3 Å². The molecule has 0 saturated carbocycles. The summed E-state index contributed by atoms with van der Waals surface area (Å²) in [6.45, 7) is 2.38. The maximum absolute atomic E-state index is 13.2. The van der Waals surface area contributed by atoms with Crippen LogP contribution in [0.2, 0.25) is 0 Å². The molecule has 2 aromatic rings. The zero-order valence-corrected chi connectivity index (χ0v) is 18.8. The number of aromatic amines is 1. The number of ether oxygens (including phenoxy) is 4. The van der Waals surface area contributed by atoms with Crippen LogP contribution in [0.5, 0.6) is 0 Å². The Morgan fingerprint density at radius 3 is 2.36 bits per heavy atom. The Balaban J connectivity index is 2.18. The molecule has 1 fully saturated rings. The lowest BCUT2D eigenvalue weighted by Crippen LogP contribution is -2.65. The minimum Gasteiger partial charge on any atom is -0.463 e. The summed E-state index contributed by atoms with van der Waals surface area (Å²) in [4.78, 5) is 68.8. The average Bonchev–Trinajstić information content (AvgIpc) is 3.19. The van der Waals surface area contributed by atoms with Crippen LogP contribution in [0.15, 0.2) is 11.1 Å². The van der Waals surface area contributed by atoms with E-state index in [-0.39, 0.29) is 11.2 Å². The number of imidazole rings is 1. The lowest BCUT2D eigenvalue weighted by Gasteiger charge is -2.45. The number of rotatable bonds is 6. The van der Waals surface area contributed by atoms with Gasteiger partial charge in [0.1, 0.15) is 18.8 Å². The maximum atomic E-state index is 13.2. The van der Waals surface area contributed by atoms with Crippen molar-refractivity contribution in [3.63, 3.8) is 0 Å². The molecular weight excluding hydrogens is 499 g/mol. The van der Waals surface area contributed by atoms with Gasteiger partial charge in [-0.25, -0.2) is 9.97 Å². The van der Waals surface area contributed by atoms with Gasteiger partial charge in [0, 0.05) is 20.8 Å². The van der Waals surface area contributed by atoms with Crippen LogP contribution in [0.1, 0.15) is 27.0 Å². The monoisotopic (exact) mass is 518 g/mol. The second-order valence-corrected chi connectivity index (χ2v) is 7.51. The van der Waals surface area contributed by atoms with Gasteiger partial charge in [0.05, 0.1) is 6.33 Å². The predicted molar refractivity (Wildman–Crippen MR) is 107 cm³/mol. The molecule has 0 spiro atoms. The zero-order valence-electron chi connectivity index (χ0n) is 18.8. The molecule has 0 aromatic carbocycles. The molecule has 36 heavy (non-hydrogen) atoms. The summed E-state index contributed by atoms with van der Waals surface area (Å²) in [6.07, 6.45) is -8.69. The molecule has 0 aliphatic carbocycles. The molecule has 5 atom stereocenters. The topological polar surface area (TPSA) is 181 Å². The van der Waals surface area contributed by atoms with Crippen LogP contribution in [0.25, 0.3) is 11.2 Å². The molecule has 0 bridgehead atoms. The number of carbonyl (C=O) groups is 4. The van der Waals surface area contributed by atoms with E-state index in [1.807, 2.05) is 0 Å². The number of esters is 3. The van der Waals surface area contributed by atoms with E-state index in [1.54, 1.807) is 5.32 Å². The number of alkyl halides is 3. The first-order chi connectivity index (χ1) is 16.8. The summed E-state index contributed by atoms with van der Waals surface area (Å²) in [5, 5.41) is 1.68.